The van der Waals surface area contributed by atoms with E-state index in [1.54, 1.807) is 0 Å². The SMILES string of the molecule is CC(C)(C)c1ccc([S+]2CCOCC2)cc1.CC(C)(C)c1ccc([S+]2CCOCC2)cc1.CC(F)(F)C(=O)OC1CCC(=O)CC1.CC(F)(F)C(=O)OC1CCC2(CC1)OCCO2. The Hall–Kier alpha value is -2.69. The monoisotopic (exact) mass is 930 g/mol. The van der Waals surface area contributed by atoms with Crippen molar-refractivity contribution in [2.75, 3.05) is 62.7 Å². The summed E-state index contributed by atoms with van der Waals surface area (Å²) in [6.07, 6.45) is 2.55. The van der Waals surface area contributed by atoms with Gasteiger partial charge in [0.2, 0.25) is 0 Å². The van der Waals surface area contributed by atoms with Gasteiger partial charge in [-0.15, -0.1) is 0 Å². The molecular weight excluding hydrogens is 861 g/mol. The molecule has 0 unspecified atom stereocenters. The molecule has 5 aliphatic rings. The van der Waals surface area contributed by atoms with Gasteiger partial charge in [-0.25, -0.2) is 9.59 Å². The van der Waals surface area contributed by atoms with Crippen LogP contribution in [0.5, 0.6) is 0 Å². The highest BCUT2D eigenvalue weighted by Gasteiger charge is 2.43. The molecule has 63 heavy (non-hydrogen) atoms. The summed E-state index contributed by atoms with van der Waals surface area (Å²) in [7, 11) is 0.864. The summed E-state index contributed by atoms with van der Waals surface area (Å²) < 4.78 is 81.2. The standard InChI is InChI=1S/2C14H21OS.C11H16F2O4.C9H12F2O3/c2*1-14(2,3)12-4-6-13(7-5-12)16-10-8-15-9-11-16;1-10(12,13)9(14)17-8-2-4-11(5-3-8)15-6-7-16-11;1-9(10,11)8(13)14-7-4-2-6(12)3-5-7/h2*4-7H,8-11H2,1-3H3;8H,2-7H2,1H3;7H,2-5H2,1H3/q2*+1;;. The van der Waals surface area contributed by atoms with Gasteiger partial charge in [0.25, 0.3) is 0 Å². The summed E-state index contributed by atoms with van der Waals surface area (Å²) in [5.41, 5.74) is 3.37. The highest BCUT2D eigenvalue weighted by Crippen LogP contribution is 2.37. The summed E-state index contributed by atoms with van der Waals surface area (Å²) in [6, 6.07) is 18.4. The minimum Gasteiger partial charge on any atom is -0.458 e. The molecule has 3 saturated heterocycles. The number of hydrogen-bond donors (Lipinski definition) is 0. The molecule has 0 atom stereocenters. The summed E-state index contributed by atoms with van der Waals surface area (Å²) in [6.45, 7) is 19.5. The van der Waals surface area contributed by atoms with Crippen LogP contribution < -0.4 is 0 Å². The lowest BCUT2D eigenvalue weighted by molar-refractivity contribution is -0.202. The van der Waals surface area contributed by atoms with E-state index in [-0.39, 0.29) is 16.6 Å². The van der Waals surface area contributed by atoms with Crippen molar-refractivity contribution in [3.05, 3.63) is 59.7 Å². The van der Waals surface area contributed by atoms with Crippen molar-refractivity contribution in [2.24, 2.45) is 0 Å². The molecule has 9 nitrogen and oxygen atoms in total. The lowest BCUT2D eigenvalue weighted by atomic mass is 9.87. The minimum atomic E-state index is -3.44. The van der Waals surface area contributed by atoms with Crippen LogP contribution in [0.2, 0.25) is 0 Å². The average molecular weight is 931 g/mol. The maximum atomic E-state index is 12.6. The largest absolute Gasteiger partial charge is 0.458 e. The van der Waals surface area contributed by atoms with Crippen molar-refractivity contribution in [3.8, 4) is 0 Å². The van der Waals surface area contributed by atoms with Crippen LogP contribution in [0.15, 0.2) is 58.3 Å². The van der Waals surface area contributed by atoms with E-state index in [1.807, 2.05) is 0 Å². The van der Waals surface area contributed by atoms with Crippen molar-refractivity contribution < 1.29 is 60.4 Å². The highest BCUT2D eigenvalue weighted by molar-refractivity contribution is 7.97. The molecule has 2 aliphatic carbocycles. The number of ether oxygens (including phenoxy) is 6. The third kappa shape index (κ3) is 17.9. The first kappa shape index (κ1) is 52.9. The van der Waals surface area contributed by atoms with E-state index in [9.17, 15) is 31.9 Å². The maximum Gasteiger partial charge on any atom is 0.376 e. The Morgan fingerprint density at radius 1 is 0.556 bits per heavy atom. The first-order chi connectivity index (χ1) is 29.4. The van der Waals surface area contributed by atoms with Gasteiger partial charge in [0.15, 0.2) is 15.6 Å². The molecule has 0 radical (unpaired) electrons. The summed E-state index contributed by atoms with van der Waals surface area (Å²) in [5.74, 6) is -5.47. The van der Waals surface area contributed by atoms with Gasteiger partial charge in [0, 0.05) is 61.3 Å². The number of ketones is 1. The number of carbonyl (C=O) groups excluding carboxylic acids is 3. The molecule has 0 aromatic heterocycles. The number of carbonyl (C=O) groups is 3. The Balaban J connectivity index is 0.000000185. The Bertz CT molecular complexity index is 1630. The smallest absolute Gasteiger partial charge is 0.376 e. The molecule has 2 aromatic rings. The van der Waals surface area contributed by atoms with E-state index < -0.39 is 41.8 Å². The zero-order chi connectivity index (χ0) is 46.5. The number of Topliss-reactive ketones (excluding diaryl/α,β-unsaturated/α-hetero) is 1. The lowest BCUT2D eigenvalue weighted by Crippen LogP contribution is -2.40. The van der Waals surface area contributed by atoms with Crippen LogP contribution in [0.3, 0.4) is 0 Å². The van der Waals surface area contributed by atoms with Gasteiger partial charge in [-0.05, 0) is 71.9 Å². The van der Waals surface area contributed by atoms with Crippen LogP contribution >= 0.6 is 0 Å². The molecule has 3 heterocycles. The predicted octanol–water partition coefficient (Wildman–Crippen LogP) is 9.55. The van der Waals surface area contributed by atoms with Crippen molar-refractivity contribution in [1.29, 1.82) is 0 Å². The average Bonchev–Trinajstić information content (AvgIpc) is 3.70. The Morgan fingerprint density at radius 2 is 0.889 bits per heavy atom. The van der Waals surface area contributed by atoms with Crippen LogP contribution in [-0.4, -0.2) is 110 Å². The van der Waals surface area contributed by atoms with E-state index in [0.29, 0.717) is 100 Å². The first-order valence-corrected chi connectivity index (χ1v) is 25.3. The van der Waals surface area contributed by atoms with Gasteiger partial charge in [-0.2, -0.15) is 17.6 Å². The molecule has 0 bridgehead atoms. The van der Waals surface area contributed by atoms with Crippen molar-refractivity contribution in [1.82, 2.24) is 0 Å². The molecule has 15 heteroatoms. The lowest BCUT2D eigenvalue weighted by Gasteiger charge is -2.35. The van der Waals surface area contributed by atoms with E-state index >= 15 is 0 Å². The number of benzene rings is 2. The Labute approximate surface area is 378 Å². The van der Waals surface area contributed by atoms with Crippen LogP contribution in [0.1, 0.15) is 118 Å². The van der Waals surface area contributed by atoms with Gasteiger partial charge < -0.3 is 28.4 Å². The van der Waals surface area contributed by atoms with Crippen molar-refractivity contribution >= 4 is 39.5 Å². The zero-order valence-electron chi connectivity index (χ0n) is 38.5. The molecule has 5 fully saturated rings. The Morgan fingerprint density at radius 3 is 1.21 bits per heavy atom. The minimum absolute atomic E-state index is 0.0977. The zero-order valence-corrected chi connectivity index (χ0v) is 40.1. The normalized spacial score (nSPS) is 20.6. The van der Waals surface area contributed by atoms with Crippen LogP contribution in [0.4, 0.5) is 17.6 Å². The molecule has 0 amide bonds. The fourth-order valence-electron chi connectivity index (χ4n) is 7.29. The van der Waals surface area contributed by atoms with Crippen LogP contribution in [-0.2, 0) is 75.4 Å². The van der Waals surface area contributed by atoms with Gasteiger partial charge in [-0.1, -0.05) is 65.8 Å². The van der Waals surface area contributed by atoms with E-state index in [0.717, 1.165) is 26.4 Å². The molecule has 354 valence electrons. The van der Waals surface area contributed by atoms with E-state index in [1.165, 1.54) is 43.9 Å². The topological polar surface area (TPSA) is 107 Å². The fourth-order valence-corrected chi connectivity index (χ4v) is 11.0. The third-order valence-corrected chi connectivity index (χ3v) is 15.8. The van der Waals surface area contributed by atoms with Crippen LogP contribution in [0.25, 0.3) is 0 Å². The second kappa shape index (κ2) is 23.7. The number of rotatable bonds is 6. The van der Waals surface area contributed by atoms with Gasteiger partial charge >= 0.3 is 23.8 Å². The Kier molecular flexibility index (Phi) is 19.9. The molecule has 1 spiro atoms. The number of alkyl halides is 4. The number of hydrogen-bond acceptors (Lipinski definition) is 9. The molecule has 2 saturated carbocycles. The summed E-state index contributed by atoms with van der Waals surface area (Å²) >= 11 is 0. The third-order valence-electron chi connectivity index (χ3n) is 11.3. The highest BCUT2D eigenvalue weighted by atomic mass is 32.2. The molecule has 0 N–H and O–H groups in total. The first-order valence-electron chi connectivity index (χ1n) is 22.1. The van der Waals surface area contributed by atoms with Crippen molar-refractivity contribution in [2.45, 2.75) is 157 Å². The molecule has 2 aromatic carbocycles. The second-order valence-corrected chi connectivity index (χ2v) is 23.3. The predicted molar refractivity (Wildman–Crippen MR) is 240 cm³/mol. The van der Waals surface area contributed by atoms with E-state index in [4.69, 9.17) is 23.7 Å². The van der Waals surface area contributed by atoms with Crippen molar-refractivity contribution in [3.63, 3.8) is 0 Å². The van der Waals surface area contributed by atoms with E-state index in [2.05, 4.69) is 94.8 Å². The summed E-state index contributed by atoms with van der Waals surface area (Å²) in [5, 5.41) is 0. The quantitative estimate of drug-likeness (QED) is 0.159. The molecular formula is C48H70F4O9S2+2. The fraction of sp³-hybridized carbons (Fsp3) is 0.688. The second-order valence-electron chi connectivity index (χ2n) is 18.7. The maximum absolute atomic E-state index is 12.6. The number of esters is 2. The molecule has 7 rings (SSSR count). The van der Waals surface area contributed by atoms with Gasteiger partial charge in [0.1, 0.15) is 41.0 Å². The van der Waals surface area contributed by atoms with Crippen LogP contribution in [0, 0.1) is 0 Å². The van der Waals surface area contributed by atoms with Gasteiger partial charge in [0.05, 0.1) is 39.6 Å². The number of halogens is 4. The van der Waals surface area contributed by atoms with Gasteiger partial charge in [-0.3, -0.25) is 4.79 Å². The molecule has 3 aliphatic heterocycles. The summed E-state index contributed by atoms with van der Waals surface area (Å²) in [4.78, 5) is 35.6.